The molecular formula is C13H16BrN3. The predicted octanol–water partition coefficient (Wildman–Crippen LogP) is 3.38. The van der Waals surface area contributed by atoms with Gasteiger partial charge in [0.25, 0.3) is 0 Å². The third-order valence-electron chi connectivity index (χ3n) is 2.80. The molecule has 0 saturated carbocycles. The molecule has 3 nitrogen and oxygen atoms in total. The molecule has 1 aromatic heterocycles. The average Bonchev–Trinajstić information content (AvgIpc) is 2.58. The van der Waals surface area contributed by atoms with Gasteiger partial charge in [-0.3, -0.25) is 0 Å². The highest BCUT2D eigenvalue weighted by atomic mass is 79.9. The van der Waals surface area contributed by atoms with E-state index in [1.807, 2.05) is 35.9 Å². The van der Waals surface area contributed by atoms with Crippen LogP contribution in [0.4, 0.5) is 5.82 Å². The monoisotopic (exact) mass is 293 g/mol. The number of aromatic nitrogens is 2. The Morgan fingerprint density at radius 3 is 2.82 bits per heavy atom. The van der Waals surface area contributed by atoms with Crippen LogP contribution in [0.5, 0.6) is 0 Å². The van der Waals surface area contributed by atoms with E-state index in [0.29, 0.717) is 0 Å². The van der Waals surface area contributed by atoms with E-state index in [-0.39, 0.29) is 0 Å². The van der Waals surface area contributed by atoms with Gasteiger partial charge in [-0.1, -0.05) is 35.0 Å². The minimum Gasteiger partial charge on any atom is -0.383 e. The van der Waals surface area contributed by atoms with Gasteiger partial charge in [0.1, 0.15) is 17.3 Å². The van der Waals surface area contributed by atoms with Crippen LogP contribution in [0, 0.1) is 0 Å². The summed E-state index contributed by atoms with van der Waals surface area (Å²) in [5, 5.41) is 0. The Morgan fingerprint density at radius 1 is 1.41 bits per heavy atom. The maximum absolute atomic E-state index is 6.10. The Hall–Kier alpha value is -1.29. The smallest absolute Gasteiger partial charge is 0.131 e. The fraction of sp³-hybridized carbons (Fsp3) is 0.308. The van der Waals surface area contributed by atoms with E-state index >= 15 is 0 Å². The summed E-state index contributed by atoms with van der Waals surface area (Å²) in [7, 11) is 1.97. The summed E-state index contributed by atoms with van der Waals surface area (Å²) in [4.78, 5) is 4.63. The van der Waals surface area contributed by atoms with Gasteiger partial charge in [0, 0.05) is 23.5 Å². The second-order valence-corrected chi connectivity index (χ2v) is 5.00. The molecule has 2 aromatic rings. The summed E-state index contributed by atoms with van der Waals surface area (Å²) < 4.78 is 3.01. The Bertz CT molecular complexity index is 531. The van der Waals surface area contributed by atoms with Crippen molar-refractivity contribution in [2.45, 2.75) is 19.8 Å². The van der Waals surface area contributed by atoms with Crippen molar-refractivity contribution in [3.8, 4) is 11.3 Å². The molecule has 1 heterocycles. The van der Waals surface area contributed by atoms with Crippen molar-refractivity contribution >= 4 is 21.7 Å². The number of imidazole rings is 1. The summed E-state index contributed by atoms with van der Waals surface area (Å²) in [6.07, 6.45) is 2.02. The molecule has 17 heavy (non-hydrogen) atoms. The molecule has 0 bridgehead atoms. The van der Waals surface area contributed by atoms with E-state index in [0.717, 1.165) is 40.2 Å². The Balaban J connectivity index is 2.49. The fourth-order valence-corrected chi connectivity index (χ4v) is 2.25. The molecule has 0 radical (unpaired) electrons. The second kappa shape index (κ2) is 4.92. The van der Waals surface area contributed by atoms with Crippen molar-refractivity contribution in [3.05, 3.63) is 34.6 Å². The van der Waals surface area contributed by atoms with Gasteiger partial charge >= 0.3 is 0 Å². The van der Waals surface area contributed by atoms with E-state index in [2.05, 4.69) is 27.8 Å². The SMILES string of the molecule is CCCc1nc(-c2cccc(Br)c2)c(N)n1C. The first-order valence-corrected chi connectivity index (χ1v) is 6.49. The van der Waals surface area contributed by atoms with Gasteiger partial charge in [-0.25, -0.2) is 4.98 Å². The van der Waals surface area contributed by atoms with Gasteiger partial charge in [-0.15, -0.1) is 0 Å². The van der Waals surface area contributed by atoms with Crippen molar-refractivity contribution < 1.29 is 0 Å². The van der Waals surface area contributed by atoms with Crippen molar-refractivity contribution in [2.24, 2.45) is 7.05 Å². The zero-order valence-corrected chi connectivity index (χ0v) is 11.7. The Kier molecular flexibility index (Phi) is 3.52. The number of nitrogens with two attached hydrogens (primary N) is 1. The summed E-state index contributed by atoms with van der Waals surface area (Å²) in [5.41, 5.74) is 8.02. The maximum Gasteiger partial charge on any atom is 0.131 e. The molecule has 90 valence electrons. The van der Waals surface area contributed by atoms with E-state index in [1.54, 1.807) is 0 Å². The lowest BCUT2D eigenvalue weighted by Crippen LogP contribution is -2.01. The van der Waals surface area contributed by atoms with E-state index in [1.165, 1.54) is 0 Å². The van der Waals surface area contributed by atoms with Gasteiger partial charge in [0.2, 0.25) is 0 Å². The standard InChI is InChI=1S/C13H16BrN3/c1-3-5-11-16-12(13(15)17(11)2)9-6-4-7-10(14)8-9/h4,6-8H,3,5,15H2,1-2H3. The van der Waals surface area contributed by atoms with Gasteiger partial charge < -0.3 is 10.3 Å². The van der Waals surface area contributed by atoms with Crippen molar-refractivity contribution in [3.63, 3.8) is 0 Å². The topological polar surface area (TPSA) is 43.8 Å². The van der Waals surface area contributed by atoms with Crippen LogP contribution >= 0.6 is 15.9 Å². The van der Waals surface area contributed by atoms with Crippen LogP contribution in [-0.2, 0) is 13.5 Å². The predicted molar refractivity (Wildman–Crippen MR) is 74.8 cm³/mol. The van der Waals surface area contributed by atoms with E-state index in [9.17, 15) is 0 Å². The molecule has 4 heteroatoms. The molecule has 2 N–H and O–H groups in total. The summed E-state index contributed by atoms with van der Waals surface area (Å²) in [5.74, 6) is 1.77. The van der Waals surface area contributed by atoms with Crippen LogP contribution in [0.15, 0.2) is 28.7 Å². The zero-order chi connectivity index (χ0) is 12.4. The molecule has 1 aromatic carbocycles. The lowest BCUT2D eigenvalue weighted by molar-refractivity contribution is 0.764. The number of hydrogen-bond donors (Lipinski definition) is 1. The highest BCUT2D eigenvalue weighted by molar-refractivity contribution is 9.10. The molecule has 0 fully saturated rings. The number of hydrogen-bond acceptors (Lipinski definition) is 2. The van der Waals surface area contributed by atoms with Crippen molar-refractivity contribution in [1.82, 2.24) is 9.55 Å². The molecule has 0 aliphatic carbocycles. The number of aryl methyl sites for hydroxylation is 1. The molecular weight excluding hydrogens is 278 g/mol. The van der Waals surface area contributed by atoms with Crippen LogP contribution in [0.2, 0.25) is 0 Å². The molecule has 0 atom stereocenters. The van der Waals surface area contributed by atoms with Crippen molar-refractivity contribution in [2.75, 3.05) is 5.73 Å². The second-order valence-electron chi connectivity index (χ2n) is 4.08. The summed E-state index contributed by atoms with van der Waals surface area (Å²) in [6.45, 7) is 2.14. The molecule has 0 spiro atoms. The normalized spacial score (nSPS) is 10.8. The zero-order valence-electron chi connectivity index (χ0n) is 10.1. The fourth-order valence-electron chi connectivity index (χ4n) is 1.85. The molecule has 0 amide bonds. The van der Waals surface area contributed by atoms with E-state index in [4.69, 9.17) is 5.73 Å². The highest BCUT2D eigenvalue weighted by Crippen LogP contribution is 2.27. The van der Waals surface area contributed by atoms with Crippen LogP contribution in [0.1, 0.15) is 19.2 Å². The number of nitrogens with zero attached hydrogens (tertiary/aromatic N) is 2. The summed E-state index contributed by atoms with van der Waals surface area (Å²) >= 11 is 3.46. The van der Waals surface area contributed by atoms with Crippen LogP contribution in [0.3, 0.4) is 0 Å². The number of nitrogen functional groups attached to an aromatic ring is 1. The number of benzene rings is 1. The third kappa shape index (κ3) is 2.36. The third-order valence-corrected chi connectivity index (χ3v) is 3.30. The van der Waals surface area contributed by atoms with E-state index < -0.39 is 0 Å². The molecule has 2 rings (SSSR count). The van der Waals surface area contributed by atoms with Crippen molar-refractivity contribution in [1.29, 1.82) is 0 Å². The van der Waals surface area contributed by atoms with Crippen LogP contribution < -0.4 is 5.73 Å². The largest absolute Gasteiger partial charge is 0.383 e. The lowest BCUT2D eigenvalue weighted by Gasteiger charge is -2.01. The number of halogens is 1. The quantitative estimate of drug-likeness (QED) is 0.943. The van der Waals surface area contributed by atoms with Crippen LogP contribution in [-0.4, -0.2) is 9.55 Å². The molecule has 0 unspecified atom stereocenters. The molecule has 0 saturated heterocycles. The van der Waals surface area contributed by atoms with Gasteiger partial charge in [-0.2, -0.15) is 0 Å². The van der Waals surface area contributed by atoms with Gasteiger partial charge in [0.05, 0.1) is 0 Å². The van der Waals surface area contributed by atoms with Gasteiger partial charge in [0.15, 0.2) is 0 Å². The lowest BCUT2D eigenvalue weighted by atomic mass is 10.1. The molecule has 0 aliphatic rings. The van der Waals surface area contributed by atoms with Crippen LogP contribution in [0.25, 0.3) is 11.3 Å². The number of rotatable bonds is 3. The Labute approximate surface area is 110 Å². The minimum atomic E-state index is 0.728. The first-order chi connectivity index (χ1) is 8.13. The van der Waals surface area contributed by atoms with Gasteiger partial charge in [-0.05, 0) is 18.6 Å². The first kappa shape index (κ1) is 12.2. The first-order valence-electron chi connectivity index (χ1n) is 5.70. The average molecular weight is 294 g/mol. The Morgan fingerprint density at radius 2 is 2.18 bits per heavy atom. The highest BCUT2D eigenvalue weighted by Gasteiger charge is 2.13. The molecule has 0 aliphatic heterocycles. The minimum absolute atomic E-state index is 0.728. The summed E-state index contributed by atoms with van der Waals surface area (Å²) in [6, 6.07) is 8.05. The maximum atomic E-state index is 6.10. The number of anilines is 1.